The van der Waals surface area contributed by atoms with Gasteiger partial charge < -0.3 is 10.2 Å². The number of carbonyl (C=O) groups is 1. The second-order valence-corrected chi connectivity index (χ2v) is 6.49. The van der Waals surface area contributed by atoms with E-state index < -0.39 is 0 Å². The minimum atomic E-state index is -0.289. The number of nitrogens with zero attached hydrogens (tertiary/aromatic N) is 4. The highest BCUT2D eigenvalue weighted by molar-refractivity contribution is 5.92. The first-order valence-corrected chi connectivity index (χ1v) is 8.91. The average Bonchev–Trinajstić information content (AvgIpc) is 3.11. The minimum absolute atomic E-state index is 0.0290. The van der Waals surface area contributed by atoms with E-state index in [9.17, 15) is 9.59 Å². The fourth-order valence-corrected chi connectivity index (χ4v) is 3.28. The van der Waals surface area contributed by atoms with Crippen LogP contribution in [0.15, 0.2) is 59.7 Å². The van der Waals surface area contributed by atoms with E-state index in [1.807, 2.05) is 18.2 Å². The molecule has 1 amide bonds. The van der Waals surface area contributed by atoms with E-state index in [-0.39, 0.29) is 23.2 Å². The predicted molar refractivity (Wildman–Crippen MR) is 101 cm³/mol. The Morgan fingerprint density at radius 3 is 2.70 bits per heavy atom. The van der Waals surface area contributed by atoms with Gasteiger partial charge >= 0.3 is 0 Å². The van der Waals surface area contributed by atoms with Crippen molar-refractivity contribution in [1.82, 2.24) is 25.1 Å². The Bertz CT molecular complexity index is 967. The summed E-state index contributed by atoms with van der Waals surface area (Å²) < 4.78 is 1.36. The predicted octanol–water partition coefficient (Wildman–Crippen LogP) is 1.35. The molecule has 4 rings (SSSR count). The summed E-state index contributed by atoms with van der Waals surface area (Å²) in [5, 5.41) is 5.89. The fraction of sp³-hybridized carbons (Fsp3) is 0.263. The van der Waals surface area contributed by atoms with Crippen LogP contribution in [0.2, 0.25) is 0 Å². The molecule has 1 aromatic carbocycles. The number of anilines is 1. The molecule has 2 N–H and O–H groups in total. The highest BCUT2D eigenvalue weighted by Crippen LogP contribution is 2.15. The molecule has 1 atom stereocenters. The molecule has 27 heavy (non-hydrogen) atoms. The lowest BCUT2D eigenvalue weighted by atomic mass is 10.1. The quantitative estimate of drug-likeness (QED) is 0.729. The number of nitrogens with one attached hydrogen (secondary N) is 2. The van der Waals surface area contributed by atoms with Gasteiger partial charge in [0.05, 0.1) is 5.69 Å². The SMILES string of the molecule is O=C(N[C@@H]1CCCN(c2ncccn2)C1)c1cc(=O)n(-c2ccccc2)[nH]1. The lowest BCUT2D eigenvalue weighted by Crippen LogP contribution is -2.48. The molecule has 1 fully saturated rings. The molecule has 8 heteroatoms. The van der Waals surface area contributed by atoms with E-state index in [1.165, 1.54) is 10.7 Å². The first kappa shape index (κ1) is 17.0. The zero-order valence-corrected chi connectivity index (χ0v) is 14.7. The summed E-state index contributed by atoms with van der Waals surface area (Å²) in [7, 11) is 0. The van der Waals surface area contributed by atoms with E-state index in [0.29, 0.717) is 18.2 Å². The van der Waals surface area contributed by atoms with E-state index in [1.54, 1.807) is 30.6 Å². The lowest BCUT2D eigenvalue weighted by Gasteiger charge is -2.32. The minimum Gasteiger partial charge on any atom is -0.346 e. The second-order valence-electron chi connectivity index (χ2n) is 6.49. The molecule has 3 heterocycles. The van der Waals surface area contributed by atoms with Crippen LogP contribution in [0, 0.1) is 0 Å². The van der Waals surface area contributed by atoms with Gasteiger partial charge in [-0.2, -0.15) is 0 Å². The maximum Gasteiger partial charge on any atom is 0.271 e. The summed E-state index contributed by atoms with van der Waals surface area (Å²) in [5.74, 6) is 0.377. The zero-order chi connectivity index (χ0) is 18.6. The third-order valence-corrected chi connectivity index (χ3v) is 4.57. The molecule has 2 aromatic heterocycles. The van der Waals surface area contributed by atoms with E-state index >= 15 is 0 Å². The third-order valence-electron chi connectivity index (χ3n) is 4.57. The molecular formula is C19H20N6O2. The highest BCUT2D eigenvalue weighted by atomic mass is 16.2. The van der Waals surface area contributed by atoms with Crippen molar-refractivity contribution in [3.05, 3.63) is 70.9 Å². The Hall–Kier alpha value is -3.42. The van der Waals surface area contributed by atoms with E-state index in [4.69, 9.17) is 0 Å². The molecule has 0 bridgehead atoms. The van der Waals surface area contributed by atoms with Gasteiger partial charge in [0.25, 0.3) is 11.5 Å². The number of para-hydroxylation sites is 1. The van der Waals surface area contributed by atoms with Crippen LogP contribution in [0.3, 0.4) is 0 Å². The van der Waals surface area contributed by atoms with Gasteiger partial charge in [0.1, 0.15) is 5.69 Å². The molecule has 3 aromatic rings. The molecule has 8 nitrogen and oxygen atoms in total. The van der Waals surface area contributed by atoms with Crippen molar-refractivity contribution in [2.45, 2.75) is 18.9 Å². The molecule has 138 valence electrons. The van der Waals surface area contributed by atoms with Crippen LogP contribution < -0.4 is 15.8 Å². The van der Waals surface area contributed by atoms with Gasteiger partial charge in [0, 0.05) is 37.6 Å². The number of hydrogen-bond donors (Lipinski definition) is 2. The van der Waals surface area contributed by atoms with Crippen LogP contribution in [0.1, 0.15) is 23.3 Å². The molecule has 1 aliphatic rings. The number of aromatic nitrogens is 4. The van der Waals surface area contributed by atoms with E-state index in [0.717, 1.165) is 19.4 Å². The Labute approximate surface area is 155 Å². The number of hydrogen-bond acceptors (Lipinski definition) is 5. The van der Waals surface area contributed by atoms with Crippen molar-refractivity contribution < 1.29 is 4.79 Å². The van der Waals surface area contributed by atoms with Gasteiger partial charge in [-0.05, 0) is 31.0 Å². The first-order chi connectivity index (χ1) is 13.2. The van der Waals surface area contributed by atoms with Crippen LogP contribution in [0.25, 0.3) is 5.69 Å². The number of aromatic amines is 1. The summed E-state index contributed by atoms with van der Waals surface area (Å²) in [6.45, 7) is 1.50. The zero-order valence-electron chi connectivity index (χ0n) is 14.7. The first-order valence-electron chi connectivity index (χ1n) is 8.91. The van der Waals surface area contributed by atoms with Gasteiger partial charge in [-0.25, -0.2) is 14.6 Å². The summed E-state index contributed by atoms with van der Waals surface area (Å²) >= 11 is 0. The molecule has 0 radical (unpaired) electrons. The number of H-pyrrole nitrogens is 1. The van der Waals surface area contributed by atoms with Crippen molar-refractivity contribution in [2.24, 2.45) is 0 Å². The molecule has 0 unspecified atom stereocenters. The fourth-order valence-electron chi connectivity index (χ4n) is 3.28. The largest absolute Gasteiger partial charge is 0.346 e. The maximum atomic E-state index is 12.6. The van der Waals surface area contributed by atoms with Gasteiger partial charge in [0.15, 0.2) is 0 Å². The van der Waals surface area contributed by atoms with Crippen molar-refractivity contribution in [3.63, 3.8) is 0 Å². The topological polar surface area (TPSA) is 95.9 Å². The van der Waals surface area contributed by atoms with Gasteiger partial charge in [-0.15, -0.1) is 0 Å². The van der Waals surface area contributed by atoms with Crippen LogP contribution in [0.4, 0.5) is 5.95 Å². The number of benzene rings is 1. The van der Waals surface area contributed by atoms with Crippen molar-refractivity contribution >= 4 is 11.9 Å². The van der Waals surface area contributed by atoms with Crippen LogP contribution in [-0.4, -0.2) is 44.8 Å². The maximum absolute atomic E-state index is 12.6. The molecule has 1 saturated heterocycles. The smallest absolute Gasteiger partial charge is 0.271 e. The standard InChI is InChI=1S/C19H20N6O2/c26-17-12-16(23-25(17)15-7-2-1-3-8-15)18(27)22-14-6-4-11-24(13-14)19-20-9-5-10-21-19/h1-3,5,7-10,12,14,23H,4,6,11,13H2,(H,22,27)/t14-/m1/s1. The van der Waals surface area contributed by atoms with Crippen LogP contribution in [-0.2, 0) is 0 Å². The number of rotatable bonds is 4. The highest BCUT2D eigenvalue weighted by Gasteiger charge is 2.24. The van der Waals surface area contributed by atoms with Gasteiger partial charge in [-0.1, -0.05) is 18.2 Å². The summed E-state index contributed by atoms with van der Waals surface area (Å²) in [6, 6.07) is 12.2. The monoisotopic (exact) mass is 364 g/mol. The summed E-state index contributed by atoms with van der Waals surface area (Å²) in [6.07, 6.45) is 5.23. The van der Waals surface area contributed by atoms with Crippen molar-refractivity contribution in [3.8, 4) is 5.69 Å². The number of piperidine rings is 1. The second kappa shape index (κ2) is 7.45. The normalized spacial score (nSPS) is 16.9. The van der Waals surface area contributed by atoms with Gasteiger partial charge in [0.2, 0.25) is 5.95 Å². The Morgan fingerprint density at radius 1 is 1.15 bits per heavy atom. The van der Waals surface area contributed by atoms with Crippen molar-refractivity contribution in [1.29, 1.82) is 0 Å². The summed E-state index contributed by atoms with van der Waals surface area (Å²) in [4.78, 5) is 35.4. The molecular weight excluding hydrogens is 344 g/mol. The molecule has 0 aliphatic carbocycles. The van der Waals surface area contributed by atoms with Crippen LogP contribution in [0.5, 0.6) is 0 Å². The molecule has 1 aliphatic heterocycles. The Kier molecular flexibility index (Phi) is 4.69. The Morgan fingerprint density at radius 2 is 1.93 bits per heavy atom. The van der Waals surface area contributed by atoms with Crippen LogP contribution >= 0.6 is 0 Å². The number of carbonyl (C=O) groups excluding carboxylic acids is 1. The average molecular weight is 364 g/mol. The lowest BCUT2D eigenvalue weighted by molar-refractivity contribution is 0.0927. The number of amides is 1. The molecule has 0 saturated carbocycles. The van der Waals surface area contributed by atoms with Gasteiger partial charge in [-0.3, -0.25) is 14.7 Å². The summed E-state index contributed by atoms with van der Waals surface area (Å²) in [5.41, 5.74) is 0.665. The van der Waals surface area contributed by atoms with Crippen molar-refractivity contribution in [2.75, 3.05) is 18.0 Å². The Balaban J connectivity index is 1.46. The third kappa shape index (κ3) is 3.74. The van der Waals surface area contributed by atoms with E-state index in [2.05, 4.69) is 25.3 Å². The molecule has 0 spiro atoms.